The van der Waals surface area contributed by atoms with Crippen LogP contribution in [0, 0.1) is 0 Å². The molecule has 7 N–H and O–H groups in total. The first-order valence-electron chi connectivity index (χ1n) is 18.0. The van der Waals surface area contributed by atoms with Crippen LogP contribution < -0.4 is 21.7 Å². The highest BCUT2D eigenvalue weighted by Gasteiger charge is 2.21. The Morgan fingerprint density at radius 1 is 0.667 bits per heavy atom. The summed E-state index contributed by atoms with van der Waals surface area (Å²) in [4.78, 5) is 75.8. The number of carbonyl (C=O) groups excluding carboxylic acids is 5. The molecule has 2 aromatic carbocycles. The molecule has 16 nitrogen and oxygen atoms in total. The summed E-state index contributed by atoms with van der Waals surface area (Å²) < 4.78 is 15.7. The molecule has 6 aromatic rings. The van der Waals surface area contributed by atoms with Gasteiger partial charge in [0.1, 0.15) is 17.0 Å². The number of amides is 3. The number of ketones is 2. The van der Waals surface area contributed by atoms with Crippen molar-refractivity contribution in [2.45, 2.75) is 26.4 Å². The fraction of sp³-hybridized carbons (Fsp3) is 0.308. The van der Waals surface area contributed by atoms with Crippen LogP contribution in [0.5, 0.6) is 0 Å². The molecule has 0 saturated heterocycles. The Balaban J connectivity index is 0.000000224. The molecule has 18 heteroatoms. The first-order chi connectivity index (χ1) is 27.4. The molecule has 4 heterocycles. The zero-order valence-electron chi connectivity index (χ0n) is 31.6. The number of ether oxygens (including phenoxy) is 3. The summed E-state index contributed by atoms with van der Waals surface area (Å²) in [6, 6.07) is 15.1. The highest BCUT2D eigenvalue weighted by atomic mass is 32.1. The van der Waals surface area contributed by atoms with E-state index in [1.165, 1.54) is 0 Å². The van der Waals surface area contributed by atoms with E-state index in [9.17, 15) is 24.0 Å². The maximum absolute atomic E-state index is 12.8. The molecule has 0 aliphatic rings. The van der Waals surface area contributed by atoms with E-state index in [0.29, 0.717) is 44.0 Å². The van der Waals surface area contributed by atoms with E-state index in [1.54, 1.807) is 43.9 Å². The van der Waals surface area contributed by atoms with E-state index in [1.807, 2.05) is 48.5 Å². The van der Waals surface area contributed by atoms with Crippen LogP contribution in [0.15, 0.2) is 71.7 Å². The molecule has 6 rings (SSSR count). The Morgan fingerprint density at radius 2 is 1.11 bits per heavy atom. The van der Waals surface area contributed by atoms with E-state index < -0.39 is 11.7 Å². The van der Waals surface area contributed by atoms with E-state index in [2.05, 4.69) is 35.9 Å². The monoisotopic (exact) mass is 816 g/mol. The second-order valence-corrected chi connectivity index (χ2v) is 14.9. The highest BCUT2D eigenvalue weighted by Crippen LogP contribution is 2.24. The fourth-order valence-electron chi connectivity index (χ4n) is 5.20. The van der Waals surface area contributed by atoms with Gasteiger partial charge < -0.3 is 45.9 Å². The molecular weight excluding hydrogens is 773 g/mol. The number of alkyl carbamates (subject to hydrolysis) is 1. The van der Waals surface area contributed by atoms with Crippen LogP contribution in [0.25, 0.3) is 21.8 Å². The van der Waals surface area contributed by atoms with Gasteiger partial charge in [-0.05, 0) is 32.9 Å². The zero-order chi connectivity index (χ0) is 40.8. The standard InChI is InChI=1S/C22H26N4O5S.C17H18N4O3S/c1-22(2,3)31-21(29)24-9-11-30-10-8-23-19(28)17-13-32-20(26-17)18(27)15-12-25-16-7-5-4-6-14(15)16;18-5-7-24-8-6-19-16(23)14-10-25-17(21-14)15(22)12-9-20-13-4-2-1-3-11(12)13/h4-7,12-13,25H,8-11H2,1-3H3,(H,23,28)(H,24,29);1-4,9-10,20H,5-8,18H2,(H,19,23). The van der Waals surface area contributed by atoms with Crippen molar-refractivity contribution in [1.29, 1.82) is 0 Å². The van der Waals surface area contributed by atoms with Gasteiger partial charge >= 0.3 is 6.09 Å². The quantitative estimate of drug-likeness (QED) is 0.0546. The van der Waals surface area contributed by atoms with Gasteiger partial charge in [0.2, 0.25) is 11.6 Å². The van der Waals surface area contributed by atoms with Crippen LogP contribution in [0.3, 0.4) is 0 Å². The third-order valence-electron chi connectivity index (χ3n) is 7.77. The summed E-state index contributed by atoms with van der Waals surface area (Å²) in [6.07, 6.45) is 2.82. The average Bonchev–Trinajstić information content (AvgIpc) is 4.03. The van der Waals surface area contributed by atoms with Crippen LogP contribution in [-0.4, -0.2) is 108 Å². The average molecular weight is 817 g/mol. The van der Waals surface area contributed by atoms with Crippen molar-refractivity contribution in [2.75, 3.05) is 52.6 Å². The second kappa shape index (κ2) is 20.4. The van der Waals surface area contributed by atoms with Gasteiger partial charge in [-0.15, -0.1) is 22.7 Å². The van der Waals surface area contributed by atoms with Gasteiger partial charge in [0.05, 0.1) is 37.6 Å². The molecule has 3 amide bonds. The summed E-state index contributed by atoms with van der Waals surface area (Å²) in [5.41, 5.74) is 8.00. The number of nitrogens with zero attached hydrogens (tertiary/aromatic N) is 2. The minimum atomic E-state index is -0.551. The molecular formula is C39H44N8O8S2. The molecule has 300 valence electrons. The van der Waals surface area contributed by atoms with E-state index >= 15 is 0 Å². The van der Waals surface area contributed by atoms with Crippen molar-refractivity contribution in [1.82, 2.24) is 35.9 Å². The first kappa shape index (κ1) is 42.4. The third-order valence-corrected chi connectivity index (χ3v) is 9.45. The number of thiazole rings is 2. The lowest BCUT2D eigenvalue weighted by Crippen LogP contribution is -2.34. The molecule has 0 saturated carbocycles. The molecule has 0 bridgehead atoms. The van der Waals surface area contributed by atoms with Crippen LogP contribution in [0.4, 0.5) is 4.79 Å². The molecule has 0 fully saturated rings. The molecule has 0 spiro atoms. The van der Waals surface area contributed by atoms with Gasteiger partial charge in [-0.1, -0.05) is 36.4 Å². The maximum atomic E-state index is 12.8. The molecule has 4 aromatic heterocycles. The second-order valence-electron chi connectivity index (χ2n) is 13.2. The largest absolute Gasteiger partial charge is 0.444 e. The van der Waals surface area contributed by atoms with Crippen molar-refractivity contribution in [3.8, 4) is 0 Å². The molecule has 57 heavy (non-hydrogen) atoms. The number of nitrogens with one attached hydrogen (secondary N) is 5. The van der Waals surface area contributed by atoms with E-state index in [0.717, 1.165) is 44.5 Å². The van der Waals surface area contributed by atoms with Gasteiger partial charge in [-0.25, -0.2) is 14.8 Å². The lowest BCUT2D eigenvalue weighted by Gasteiger charge is -2.19. The number of nitrogens with two attached hydrogens (primary N) is 1. The van der Waals surface area contributed by atoms with Crippen molar-refractivity contribution in [3.63, 3.8) is 0 Å². The first-order valence-corrected chi connectivity index (χ1v) is 19.7. The number of benzene rings is 2. The van der Waals surface area contributed by atoms with Gasteiger partial charge in [-0.2, -0.15) is 0 Å². The number of para-hydroxylation sites is 2. The minimum absolute atomic E-state index is 0.185. The molecule has 0 aliphatic heterocycles. The molecule has 0 aliphatic carbocycles. The Kier molecular flexibility index (Phi) is 15.2. The Hall–Kier alpha value is -5.79. The topological polar surface area (TPSA) is 233 Å². The highest BCUT2D eigenvalue weighted by molar-refractivity contribution is 7.12. The van der Waals surface area contributed by atoms with E-state index in [-0.39, 0.29) is 64.5 Å². The number of hydrogen-bond acceptors (Lipinski definition) is 13. The smallest absolute Gasteiger partial charge is 0.407 e. The number of aromatic amines is 2. The molecule has 0 radical (unpaired) electrons. The van der Waals surface area contributed by atoms with Crippen molar-refractivity contribution in [3.05, 3.63) is 104 Å². The number of H-pyrrole nitrogens is 2. The van der Waals surface area contributed by atoms with Crippen molar-refractivity contribution in [2.24, 2.45) is 5.73 Å². The Bertz CT molecular complexity index is 2300. The number of hydrogen-bond donors (Lipinski definition) is 6. The van der Waals surface area contributed by atoms with Crippen molar-refractivity contribution < 1.29 is 38.2 Å². The summed E-state index contributed by atoms with van der Waals surface area (Å²) >= 11 is 2.29. The number of rotatable bonds is 17. The molecule has 0 atom stereocenters. The zero-order valence-corrected chi connectivity index (χ0v) is 33.3. The van der Waals surface area contributed by atoms with Crippen molar-refractivity contribution >= 4 is 74.0 Å². The van der Waals surface area contributed by atoms with E-state index in [4.69, 9.17) is 19.9 Å². The third kappa shape index (κ3) is 12.1. The van der Waals surface area contributed by atoms with Gasteiger partial charge in [0, 0.05) is 71.1 Å². The number of fused-ring (bicyclic) bond motifs is 2. The predicted molar refractivity (Wildman–Crippen MR) is 217 cm³/mol. The SMILES string of the molecule is CC(C)(C)OC(=O)NCCOCCNC(=O)c1csc(C(=O)c2c[nH]c3ccccc23)n1.NCCOCCNC(=O)c1csc(C(=O)c2c[nH]c3ccccc23)n1. The lowest BCUT2D eigenvalue weighted by molar-refractivity contribution is 0.0500. The summed E-state index contributed by atoms with van der Waals surface area (Å²) in [5, 5.41) is 13.3. The van der Waals surface area contributed by atoms with Crippen LogP contribution in [0.1, 0.15) is 72.5 Å². The van der Waals surface area contributed by atoms with Gasteiger partial charge in [-0.3, -0.25) is 19.2 Å². The number of aromatic nitrogens is 4. The minimum Gasteiger partial charge on any atom is -0.444 e. The lowest BCUT2D eigenvalue weighted by atomic mass is 10.1. The summed E-state index contributed by atoms with van der Waals surface area (Å²) in [5.74, 6) is -1.14. The predicted octanol–water partition coefficient (Wildman–Crippen LogP) is 4.69. The van der Waals surface area contributed by atoms with Crippen LogP contribution in [0.2, 0.25) is 0 Å². The van der Waals surface area contributed by atoms with Crippen LogP contribution >= 0.6 is 22.7 Å². The fourth-order valence-corrected chi connectivity index (χ4v) is 6.70. The molecule has 0 unspecified atom stereocenters. The summed E-state index contributed by atoms with van der Waals surface area (Å²) in [6.45, 7) is 8.13. The Labute approximate surface area is 335 Å². The Morgan fingerprint density at radius 3 is 1.56 bits per heavy atom. The normalized spacial score (nSPS) is 11.2. The van der Waals surface area contributed by atoms with Crippen LogP contribution in [-0.2, 0) is 14.2 Å². The summed E-state index contributed by atoms with van der Waals surface area (Å²) in [7, 11) is 0. The number of carbonyl (C=O) groups is 5. The van der Waals surface area contributed by atoms with Gasteiger partial charge in [0.15, 0.2) is 10.0 Å². The van der Waals surface area contributed by atoms with Gasteiger partial charge in [0.25, 0.3) is 11.8 Å². The maximum Gasteiger partial charge on any atom is 0.407 e.